The Hall–Kier alpha value is -1.32. The molecule has 0 saturated heterocycles. The average molecular weight is 246 g/mol. The van der Waals surface area contributed by atoms with Gasteiger partial charge in [-0.3, -0.25) is 4.90 Å². The summed E-state index contributed by atoms with van der Waals surface area (Å²) in [6.07, 6.45) is 1.13. The molecule has 1 unspecified atom stereocenters. The summed E-state index contributed by atoms with van der Waals surface area (Å²) in [5, 5.41) is 1.19. The third-order valence-electron chi connectivity index (χ3n) is 3.48. The van der Waals surface area contributed by atoms with Gasteiger partial charge in [0.2, 0.25) is 0 Å². The van der Waals surface area contributed by atoms with Gasteiger partial charge in [0.15, 0.2) is 0 Å². The molecule has 0 aliphatic heterocycles. The van der Waals surface area contributed by atoms with Crippen molar-refractivity contribution in [2.24, 2.45) is 5.73 Å². The van der Waals surface area contributed by atoms with E-state index in [1.807, 2.05) is 25.1 Å². The number of rotatable bonds is 5. The number of hydrogen-bond donors (Lipinski definition) is 1. The molecule has 1 aromatic heterocycles. The first-order valence-corrected chi connectivity index (χ1v) is 6.57. The molecule has 0 aliphatic carbocycles. The molecule has 1 heterocycles. The maximum Gasteiger partial charge on any atom is 0.134 e. The third kappa shape index (κ3) is 2.28. The molecule has 0 radical (unpaired) electrons. The Bertz CT molecular complexity index is 518. The summed E-state index contributed by atoms with van der Waals surface area (Å²) in [5.41, 5.74) is 8.16. The molecule has 3 nitrogen and oxygen atoms in total. The molecule has 2 N–H and O–H groups in total. The predicted octanol–water partition coefficient (Wildman–Crippen LogP) is 3.08. The van der Waals surface area contributed by atoms with Gasteiger partial charge in [-0.1, -0.05) is 25.1 Å². The van der Waals surface area contributed by atoms with Gasteiger partial charge in [0.1, 0.15) is 11.3 Å². The third-order valence-corrected chi connectivity index (χ3v) is 3.48. The highest BCUT2D eigenvalue weighted by Crippen LogP contribution is 2.32. The summed E-state index contributed by atoms with van der Waals surface area (Å²) in [6, 6.07) is 8.41. The van der Waals surface area contributed by atoms with Crippen molar-refractivity contribution in [3.05, 3.63) is 35.6 Å². The van der Waals surface area contributed by atoms with Crippen LogP contribution in [0.5, 0.6) is 0 Å². The first-order chi connectivity index (χ1) is 8.69. The van der Waals surface area contributed by atoms with Crippen LogP contribution in [-0.4, -0.2) is 25.0 Å². The van der Waals surface area contributed by atoms with Gasteiger partial charge in [0, 0.05) is 17.5 Å². The number of nitrogens with zero attached hydrogens (tertiary/aromatic N) is 1. The normalized spacial score (nSPS) is 13.4. The summed E-state index contributed by atoms with van der Waals surface area (Å²) in [6.45, 7) is 5.86. The maximum absolute atomic E-state index is 5.97. The fraction of sp³-hybridized carbons (Fsp3) is 0.467. The molecule has 2 rings (SSSR count). The van der Waals surface area contributed by atoms with Crippen molar-refractivity contribution in [1.29, 1.82) is 0 Å². The Morgan fingerprint density at radius 1 is 1.33 bits per heavy atom. The van der Waals surface area contributed by atoms with E-state index in [9.17, 15) is 0 Å². The van der Waals surface area contributed by atoms with Crippen LogP contribution in [0.15, 0.2) is 28.7 Å². The van der Waals surface area contributed by atoms with Crippen LogP contribution in [0.25, 0.3) is 11.0 Å². The van der Waals surface area contributed by atoms with E-state index in [-0.39, 0.29) is 6.04 Å². The van der Waals surface area contributed by atoms with Crippen LogP contribution in [0.1, 0.15) is 30.7 Å². The summed E-state index contributed by atoms with van der Waals surface area (Å²) >= 11 is 0. The Morgan fingerprint density at radius 2 is 2.06 bits per heavy atom. The van der Waals surface area contributed by atoms with Gasteiger partial charge in [-0.15, -0.1) is 0 Å². The van der Waals surface area contributed by atoms with E-state index in [2.05, 4.69) is 24.9 Å². The zero-order chi connectivity index (χ0) is 13.1. The molecule has 18 heavy (non-hydrogen) atoms. The fourth-order valence-electron chi connectivity index (χ4n) is 2.63. The number of benzene rings is 1. The molecule has 0 aliphatic rings. The molecule has 0 saturated carbocycles. The number of nitrogens with two attached hydrogens (primary N) is 1. The molecule has 0 bridgehead atoms. The van der Waals surface area contributed by atoms with Crippen LogP contribution in [0.3, 0.4) is 0 Å². The predicted molar refractivity (Wildman–Crippen MR) is 75.7 cm³/mol. The standard InChI is InChI=1S/C15H22N2O/c1-4-9-17(3)13(10-16)15-11(2)18-14-8-6-5-7-12(14)15/h5-8,13H,4,9-10,16H2,1-3H3. The quantitative estimate of drug-likeness (QED) is 0.881. The van der Waals surface area contributed by atoms with Crippen molar-refractivity contribution < 1.29 is 4.42 Å². The molecule has 1 atom stereocenters. The largest absolute Gasteiger partial charge is 0.461 e. The topological polar surface area (TPSA) is 42.4 Å². The lowest BCUT2D eigenvalue weighted by Crippen LogP contribution is -2.31. The number of para-hydroxylation sites is 1. The Morgan fingerprint density at radius 3 is 2.72 bits per heavy atom. The van der Waals surface area contributed by atoms with E-state index in [0.717, 1.165) is 24.3 Å². The SMILES string of the molecule is CCCN(C)C(CN)c1c(C)oc2ccccc12. The van der Waals surface area contributed by atoms with E-state index < -0.39 is 0 Å². The van der Waals surface area contributed by atoms with Crippen LogP contribution in [0.2, 0.25) is 0 Å². The highest BCUT2D eigenvalue weighted by molar-refractivity contribution is 5.82. The minimum Gasteiger partial charge on any atom is -0.461 e. The van der Waals surface area contributed by atoms with Gasteiger partial charge < -0.3 is 10.2 Å². The van der Waals surface area contributed by atoms with Crippen molar-refractivity contribution in [2.45, 2.75) is 26.3 Å². The van der Waals surface area contributed by atoms with Gasteiger partial charge in [-0.2, -0.15) is 0 Å². The minimum absolute atomic E-state index is 0.230. The van der Waals surface area contributed by atoms with Gasteiger partial charge in [0.25, 0.3) is 0 Å². The van der Waals surface area contributed by atoms with Crippen molar-refractivity contribution in [1.82, 2.24) is 4.90 Å². The molecule has 98 valence electrons. The van der Waals surface area contributed by atoms with Crippen molar-refractivity contribution in [2.75, 3.05) is 20.1 Å². The van der Waals surface area contributed by atoms with Crippen molar-refractivity contribution in [3.63, 3.8) is 0 Å². The van der Waals surface area contributed by atoms with Crippen LogP contribution < -0.4 is 5.73 Å². The average Bonchev–Trinajstić information content (AvgIpc) is 2.68. The van der Waals surface area contributed by atoms with E-state index >= 15 is 0 Å². The molecular formula is C15H22N2O. The van der Waals surface area contributed by atoms with E-state index in [0.29, 0.717) is 6.54 Å². The summed E-state index contributed by atoms with van der Waals surface area (Å²) in [5.74, 6) is 0.981. The lowest BCUT2D eigenvalue weighted by molar-refractivity contribution is 0.249. The van der Waals surface area contributed by atoms with Crippen LogP contribution >= 0.6 is 0 Å². The van der Waals surface area contributed by atoms with Crippen LogP contribution in [0.4, 0.5) is 0 Å². The van der Waals surface area contributed by atoms with Crippen molar-refractivity contribution in [3.8, 4) is 0 Å². The molecular weight excluding hydrogens is 224 g/mol. The molecule has 0 spiro atoms. The maximum atomic E-state index is 5.97. The van der Waals surface area contributed by atoms with Gasteiger partial charge >= 0.3 is 0 Å². The van der Waals surface area contributed by atoms with E-state index in [1.54, 1.807) is 0 Å². The summed E-state index contributed by atoms with van der Waals surface area (Å²) in [7, 11) is 2.13. The number of likely N-dealkylation sites (N-methyl/N-ethyl adjacent to an activating group) is 1. The molecule has 1 aromatic carbocycles. The fourth-order valence-corrected chi connectivity index (χ4v) is 2.63. The second-order valence-corrected chi connectivity index (χ2v) is 4.80. The molecule has 0 amide bonds. The van der Waals surface area contributed by atoms with E-state index in [1.165, 1.54) is 10.9 Å². The summed E-state index contributed by atoms with van der Waals surface area (Å²) < 4.78 is 5.83. The Labute approximate surface area is 109 Å². The summed E-state index contributed by atoms with van der Waals surface area (Å²) in [4.78, 5) is 2.31. The molecule has 2 aromatic rings. The highest BCUT2D eigenvalue weighted by atomic mass is 16.3. The lowest BCUT2D eigenvalue weighted by Gasteiger charge is -2.26. The first kappa shape index (κ1) is 13.1. The molecule has 3 heteroatoms. The highest BCUT2D eigenvalue weighted by Gasteiger charge is 2.22. The van der Waals surface area contributed by atoms with Crippen molar-refractivity contribution >= 4 is 11.0 Å². The zero-order valence-corrected chi connectivity index (χ0v) is 11.4. The number of aryl methyl sites for hydroxylation is 1. The lowest BCUT2D eigenvalue weighted by atomic mass is 10.0. The number of hydrogen-bond acceptors (Lipinski definition) is 3. The van der Waals surface area contributed by atoms with Crippen LogP contribution in [-0.2, 0) is 0 Å². The smallest absolute Gasteiger partial charge is 0.134 e. The minimum atomic E-state index is 0.230. The second kappa shape index (κ2) is 5.55. The van der Waals surface area contributed by atoms with Gasteiger partial charge in [-0.05, 0) is 33.0 Å². The van der Waals surface area contributed by atoms with Crippen LogP contribution in [0, 0.1) is 6.92 Å². The first-order valence-electron chi connectivity index (χ1n) is 6.57. The molecule has 0 fully saturated rings. The number of furan rings is 1. The zero-order valence-electron chi connectivity index (χ0n) is 11.4. The monoisotopic (exact) mass is 246 g/mol. The second-order valence-electron chi connectivity index (χ2n) is 4.80. The Kier molecular flexibility index (Phi) is 4.04. The number of fused-ring (bicyclic) bond motifs is 1. The van der Waals surface area contributed by atoms with Gasteiger partial charge in [-0.25, -0.2) is 0 Å². The Balaban J connectivity index is 2.47. The van der Waals surface area contributed by atoms with E-state index in [4.69, 9.17) is 10.2 Å². The van der Waals surface area contributed by atoms with Gasteiger partial charge in [0.05, 0.1) is 6.04 Å².